The van der Waals surface area contributed by atoms with E-state index >= 15 is 0 Å². The predicted molar refractivity (Wildman–Crippen MR) is 130 cm³/mol. The fourth-order valence-corrected chi connectivity index (χ4v) is 8.61. The Hall–Kier alpha value is -1.70. The van der Waals surface area contributed by atoms with Gasteiger partial charge in [0.1, 0.15) is 10.7 Å². The summed E-state index contributed by atoms with van der Waals surface area (Å²) in [6, 6.07) is 8.34. The molecule has 3 atom stereocenters. The molecule has 8 heteroatoms. The van der Waals surface area contributed by atoms with Crippen molar-refractivity contribution in [2.24, 2.45) is 11.8 Å². The van der Waals surface area contributed by atoms with Gasteiger partial charge >= 0.3 is 0 Å². The summed E-state index contributed by atoms with van der Waals surface area (Å²) in [4.78, 5) is 13.2. The summed E-state index contributed by atoms with van der Waals surface area (Å²) < 4.78 is 13.1. The van der Waals surface area contributed by atoms with Crippen molar-refractivity contribution in [3.05, 3.63) is 40.5 Å². The first kappa shape index (κ1) is 20.7. The van der Waals surface area contributed by atoms with E-state index in [9.17, 15) is 9.32 Å². The summed E-state index contributed by atoms with van der Waals surface area (Å²) in [5, 5.41) is 14.4. The van der Waals surface area contributed by atoms with Gasteiger partial charge in [0.2, 0.25) is 5.95 Å². The van der Waals surface area contributed by atoms with Crippen molar-refractivity contribution in [1.82, 2.24) is 9.97 Å². The Morgan fingerprint density at radius 2 is 1.85 bits per heavy atom. The molecule has 1 aromatic heterocycles. The van der Waals surface area contributed by atoms with Gasteiger partial charge in [-0.1, -0.05) is 23.7 Å². The number of hydrogen-bond acceptors (Lipinski definition) is 6. The lowest BCUT2D eigenvalue weighted by Crippen LogP contribution is -2.54. The fraction of sp³-hybridized carbons (Fsp3) is 0.600. The molecule has 3 unspecified atom stereocenters. The Morgan fingerprint density at radius 3 is 2.45 bits per heavy atom. The van der Waals surface area contributed by atoms with Gasteiger partial charge in [-0.05, 0) is 74.0 Å². The van der Waals surface area contributed by atoms with Gasteiger partial charge in [0, 0.05) is 29.3 Å². The van der Waals surface area contributed by atoms with Crippen molar-refractivity contribution < 1.29 is 9.32 Å². The van der Waals surface area contributed by atoms with Crippen LogP contribution in [0.15, 0.2) is 29.2 Å². The number of fused-ring (bicyclic) bond motifs is 4. The standard InChI is InChI=1S/C25H29ClN4O2S/c26-18-4-2-15(3-5-18)19-16-10-17(19)12-30(11-16)23-27-21-20(33(32)14-24(21)8-9-24)22(28-23)29-25(13-31)6-1-7-25/h2-5,16-17,19,31H,1,6-14H2,(H,27,28,29). The van der Waals surface area contributed by atoms with Crippen LogP contribution in [-0.2, 0) is 16.2 Å². The second-order valence-corrected chi connectivity index (χ2v) is 12.8. The number of rotatable bonds is 5. The highest BCUT2D eigenvalue weighted by Gasteiger charge is 2.56. The van der Waals surface area contributed by atoms with E-state index in [0.717, 1.165) is 66.8 Å². The van der Waals surface area contributed by atoms with Crippen LogP contribution in [0.3, 0.4) is 0 Å². The summed E-state index contributed by atoms with van der Waals surface area (Å²) in [5.41, 5.74) is 2.06. The van der Waals surface area contributed by atoms with Crippen LogP contribution in [0.2, 0.25) is 5.02 Å². The van der Waals surface area contributed by atoms with Gasteiger partial charge in [-0.15, -0.1) is 0 Å². The summed E-state index contributed by atoms with van der Waals surface area (Å²) in [6.45, 7) is 1.97. The van der Waals surface area contributed by atoms with Gasteiger partial charge in [0.25, 0.3) is 0 Å². The molecule has 3 aliphatic carbocycles. The third kappa shape index (κ3) is 3.11. The van der Waals surface area contributed by atoms with Gasteiger partial charge in [-0.3, -0.25) is 4.21 Å². The molecule has 4 heterocycles. The molecule has 1 spiro atoms. The predicted octanol–water partition coefficient (Wildman–Crippen LogP) is 3.85. The van der Waals surface area contributed by atoms with E-state index in [1.54, 1.807) is 0 Å². The molecular weight excluding hydrogens is 456 g/mol. The molecule has 1 aromatic carbocycles. The number of benzene rings is 1. The molecule has 3 saturated carbocycles. The Kier molecular flexibility index (Phi) is 4.48. The molecule has 0 amide bonds. The highest BCUT2D eigenvalue weighted by atomic mass is 35.5. The van der Waals surface area contributed by atoms with E-state index in [4.69, 9.17) is 21.6 Å². The number of halogens is 1. The van der Waals surface area contributed by atoms with Crippen LogP contribution in [0, 0.1) is 11.8 Å². The molecule has 2 saturated heterocycles. The van der Waals surface area contributed by atoms with E-state index < -0.39 is 10.8 Å². The molecule has 8 rings (SSSR count). The lowest BCUT2D eigenvalue weighted by atomic mass is 9.59. The lowest BCUT2D eigenvalue weighted by Gasteiger charge is -2.54. The topological polar surface area (TPSA) is 78.4 Å². The molecule has 2 bridgehead atoms. The molecule has 2 aromatic rings. The van der Waals surface area contributed by atoms with Gasteiger partial charge in [0.15, 0.2) is 0 Å². The van der Waals surface area contributed by atoms with E-state index in [-0.39, 0.29) is 17.6 Å². The van der Waals surface area contributed by atoms with Crippen LogP contribution in [0.25, 0.3) is 0 Å². The summed E-state index contributed by atoms with van der Waals surface area (Å²) in [7, 11) is -1.07. The third-order valence-electron chi connectivity index (χ3n) is 8.91. The van der Waals surface area contributed by atoms with Gasteiger partial charge < -0.3 is 15.3 Å². The number of piperidine rings is 2. The number of anilines is 2. The van der Waals surface area contributed by atoms with Gasteiger partial charge in [0.05, 0.1) is 28.6 Å². The smallest absolute Gasteiger partial charge is 0.227 e. The monoisotopic (exact) mass is 484 g/mol. The Morgan fingerprint density at radius 1 is 1.12 bits per heavy atom. The first-order valence-corrected chi connectivity index (χ1v) is 13.9. The number of hydrogen-bond donors (Lipinski definition) is 2. The molecule has 0 radical (unpaired) electrons. The van der Waals surface area contributed by atoms with Crippen LogP contribution >= 0.6 is 11.6 Å². The normalized spacial score (nSPS) is 32.1. The highest BCUT2D eigenvalue weighted by Crippen LogP contribution is 2.57. The summed E-state index contributed by atoms with van der Waals surface area (Å²) >= 11 is 6.10. The molecule has 174 valence electrons. The first-order chi connectivity index (χ1) is 16.0. The van der Waals surface area contributed by atoms with Crippen LogP contribution in [0.5, 0.6) is 0 Å². The van der Waals surface area contributed by atoms with Crippen LogP contribution in [-0.4, -0.2) is 50.3 Å². The second kappa shape index (κ2) is 7.15. The zero-order valence-corrected chi connectivity index (χ0v) is 20.2. The fourth-order valence-electron chi connectivity index (χ4n) is 6.62. The molecular formula is C25H29ClN4O2S. The van der Waals surface area contributed by atoms with Crippen LogP contribution < -0.4 is 10.2 Å². The van der Waals surface area contributed by atoms with Crippen LogP contribution in [0.4, 0.5) is 11.8 Å². The van der Waals surface area contributed by atoms with Crippen molar-refractivity contribution in [2.75, 3.05) is 35.7 Å². The molecule has 2 N–H and O–H groups in total. The maximum Gasteiger partial charge on any atom is 0.227 e. The van der Waals surface area contributed by atoms with Crippen molar-refractivity contribution in [3.63, 3.8) is 0 Å². The first-order valence-electron chi connectivity index (χ1n) is 12.2. The number of aliphatic hydroxyl groups is 1. The Balaban J connectivity index is 1.21. The minimum absolute atomic E-state index is 0.00907. The maximum atomic E-state index is 13.1. The Bertz CT molecular complexity index is 1130. The highest BCUT2D eigenvalue weighted by molar-refractivity contribution is 7.85. The SMILES string of the molecule is O=S1CC2(CC2)c2nc(N3CC4CC(C3)C4c3ccc(Cl)cc3)nc(NC3(CO)CCC3)c21. The lowest BCUT2D eigenvalue weighted by molar-refractivity contribution is 0.110. The van der Waals surface area contributed by atoms with Gasteiger partial charge in [-0.25, -0.2) is 4.98 Å². The van der Waals surface area contributed by atoms with E-state index in [0.29, 0.717) is 29.3 Å². The van der Waals surface area contributed by atoms with E-state index in [1.807, 2.05) is 12.1 Å². The zero-order chi connectivity index (χ0) is 22.4. The minimum atomic E-state index is -1.07. The summed E-state index contributed by atoms with van der Waals surface area (Å²) in [5.74, 6) is 3.93. The van der Waals surface area contributed by atoms with Crippen molar-refractivity contribution in [2.45, 2.75) is 60.3 Å². The Labute approximate surface area is 201 Å². The number of aliphatic hydroxyl groups excluding tert-OH is 1. The molecule has 5 fully saturated rings. The third-order valence-corrected chi connectivity index (χ3v) is 10.8. The molecule has 6 aliphatic rings. The average Bonchev–Trinajstić information content (AvgIpc) is 3.51. The van der Waals surface area contributed by atoms with E-state index in [1.165, 1.54) is 12.0 Å². The van der Waals surface area contributed by atoms with Crippen molar-refractivity contribution >= 4 is 34.2 Å². The maximum absolute atomic E-state index is 13.1. The van der Waals surface area contributed by atoms with Crippen molar-refractivity contribution in [3.8, 4) is 0 Å². The second-order valence-electron chi connectivity index (χ2n) is 11.0. The van der Waals surface area contributed by atoms with Crippen LogP contribution in [0.1, 0.15) is 55.7 Å². The number of aromatic nitrogens is 2. The molecule has 6 nitrogen and oxygen atoms in total. The number of nitrogens with zero attached hydrogens (tertiary/aromatic N) is 3. The minimum Gasteiger partial charge on any atom is -0.394 e. The average molecular weight is 485 g/mol. The largest absolute Gasteiger partial charge is 0.394 e. The quantitative estimate of drug-likeness (QED) is 0.671. The van der Waals surface area contributed by atoms with Gasteiger partial charge in [-0.2, -0.15) is 4.98 Å². The molecule has 33 heavy (non-hydrogen) atoms. The summed E-state index contributed by atoms with van der Waals surface area (Å²) in [6.07, 6.45) is 6.33. The van der Waals surface area contributed by atoms with E-state index in [2.05, 4.69) is 22.3 Å². The number of nitrogens with one attached hydrogen (secondary N) is 1. The molecule has 3 aliphatic heterocycles. The van der Waals surface area contributed by atoms with Crippen molar-refractivity contribution in [1.29, 1.82) is 0 Å². The zero-order valence-electron chi connectivity index (χ0n) is 18.6.